The molecule has 1 aliphatic heterocycles. The van der Waals surface area contributed by atoms with Gasteiger partial charge in [0.2, 0.25) is 5.91 Å². The molecule has 0 aliphatic carbocycles. The zero-order valence-electron chi connectivity index (χ0n) is 13.9. The molecule has 8 nitrogen and oxygen atoms in total. The van der Waals surface area contributed by atoms with Crippen LogP contribution in [0.1, 0.15) is 29.9 Å². The van der Waals surface area contributed by atoms with Crippen LogP contribution in [0.4, 0.5) is 4.79 Å². The molecule has 23 heavy (non-hydrogen) atoms. The average Bonchev–Trinajstić information content (AvgIpc) is 2.92. The Balaban J connectivity index is 1.76. The van der Waals surface area contributed by atoms with Crippen molar-refractivity contribution in [2.45, 2.75) is 39.2 Å². The number of hydrogen-bond acceptors (Lipinski definition) is 5. The molecular weight excluding hydrogens is 300 g/mol. The molecule has 4 amide bonds. The first-order valence-corrected chi connectivity index (χ1v) is 7.55. The summed E-state index contributed by atoms with van der Waals surface area (Å²) in [6.45, 7) is 4.25. The molecule has 0 unspecified atom stereocenters. The number of hydrogen-bond donors (Lipinski definition) is 1. The number of urea groups is 1. The number of aryl methyl sites for hydroxylation is 2. The van der Waals surface area contributed by atoms with E-state index in [1.165, 1.54) is 19.0 Å². The molecule has 2 heterocycles. The maximum atomic E-state index is 11.9. The lowest BCUT2D eigenvalue weighted by atomic mass is 10.1. The number of nitrogens with one attached hydrogen (secondary N) is 1. The van der Waals surface area contributed by atoms with E-state index in [0.29, 0.717) is 6.54 Å². The normalized spacial score (nSPS) is 18.0. The highest BCUT2D eigenvalue weighted by Gasteiger charge is 2.41. The first-order chi connectivity index (χ1) is 10.8. The maximum absolute atomic E-state index is 11.9. The SMILES string of the molecule is Cc1noc(C)c1CCCNC(=O)C[C@@H]1C(=O)N(C)C(=O)N1C. The van der Waals surface area contributed by atoms with Crippen LogP contribution < -0.4 is 5.32 Å². The summed E-state index contributed by atoms with van der Waals surface area (Å²) >= 11 is 0. The summed E-state index contributed by atoms with van der Waals surface area (Å²) in [5.74, 6) is 0.217. The van der Waals surface area contributed by atoms with Crippen molar-refractivity contribution in [1.82, 2.24) is 20.3 Å². The lowest BCUT2D eigenvalue weighted by Gasteiger charge is -2.15. The Morgan fingerprint density at radius 3 is 2.52 bits per heavy atom. The topological polar surface area (TPSA) is 95.7 Å². The third kappa shape index (κ3) is 3.52. The monoisotopic (exact) mass is 322 g/mol. The van der Waals surface area contributed by atoms with Gasteiger partial charge in [0.25, 0.3) is 5.91 Å². The largest absolute Gasteiger partial charge is 0.361 e. The van der Waals surface area contributed by atoms with Crippen LogP contribution >= 0.6 is 0 Å². The molecule has 1 aromatic rings. The Labute approximate surface area is 134 Å². The first kappa shape index (κ1) is 17.0. The van der Waals surface area contributed by atoms with E-state index in [4.69, 9.17) is 4.52 Å². The molecule has 0 spiro atoms. The van der Waals surface area contributed by atoms with Gasteiger partial charge in [-0.15, -0.1) is 0 Å². The summed E-state index contributed by atoms with van der Waals surface area (Å²) in [5.41, 5.74) is 1.94. The van der Waals surface area contributed by atoms with Crippen molar-refractivity contribution in [2.75, 3.05) is 20.6 Å². The molecule has 1 N–H and O–H groups in total. The fourth-order valence-corrected chi connectivity index (χ4v) is 2.68. The highest BCUT2D eigenvalue weighted by atomic mass is 16.5. The second-order valence-electron chi connectivity index (χ2n) is 5.77. The standard InChI is InChI=1S/C15H22N4O4/c1-9-11(10(2)23-17-9)6-5-7-16-13(20)8-12-14(21)19(4)15(22)18(12)3/h12H,5-8H2,1-4H3,(H,16,20)/t12-/m1/s1. The summed E-state index contributed by atoms with van der Waals surface area (Å²) in [5, 5.41) is 6.67. The Bertz CT molecular complexity index is 605. The summed E-state index contributed by atoms with van der Waals surface area (Å²) in [4.78, 5) is 37.8. The second kappa shape index (κ2) is 6.80. The van der Waals surface area contributed by atoms with Crippen LogP contribution in [-0.4, -0.2) is 59.5 Å². The van der Waals surface area contributed by atoms with Crippen molar-refractivity contribution in [2.24, 2.45) is 0 Å². The summed E-state index contributed by atoms with van der Waals surface area (Å²) in [7, 11) is 2.95. The minimum atomic E-state index is -0.713. The number of aromatic nitrogens is 1. The van der Waals surface area contributed by atoms with Crippen LogP contribution in [0.5, 0.6) is 0 Å². The second-order valence-corrected chi connectivity index (χ2v) is 5.77. The Morgan fingerprint density at radius 1 is 1.30 bits per heavy atom. The van der Waals surface area contributed by atoms with Gasteiger partial charge >= 0.3 is 6.03 Å². The zero-order valence-corrected chi connectivity index (χ0v) is 13.9. The highest BCUT2D eigenvalue weighted by molar-refractivity contribution is 6.05. The molecule has 0 saturated carbocycles. The predicted octanol–water partition coefficient (Wildman–Crippen LogP) is 0.623. The summed E-state index contributed by atoms with van der Waals surface area (Å²) < 4.78 is 5.09. The van der Waals surface area contributed by atoms with Crippen molar-refractivity contribution in [3.63, 3.8) is 0 Å². The molecule has 0 radical (unpaired) electrons. The zero-order chi connectivity index (χ0) is 17.1. The van der Waals surface area contributed by atoms with E-state index in [2.05, 4.69) is 10.5 Å². The van der Waals surface area contributed by atoms with E-state index in [-0.39, 0.29) is 24.3 Å². The highest BCUT2D eigenvalue weighted by Crippen LogP contribution is 2.17. The molecule has 1 saturated heterocycles. The summed E-state index contributed by atoms with van der Waals surface area (Å²) in [6, 6.07) is -1.10. The van der Waals surface area contributed by atoms with Gasteiger partial charge in [-0.25, -0.2) is 4.79 Å². The van der Waals surface area contributed by atoms with Gasteiger partial charge in [0.1, 0.15) is 11.8 Å². The van der Waals surface area contributed by atoms with Gasteiger partial charge in [0, 0.05) is 26.2 Å². The predicted molar refractivity (Wildman–Crippen MR) is 81.6 cm³/mol. The number of imide groups is 1. The fraction of sp³-hybridized carbons (Fsp3) is 0.600. The van der Waals surface area contributed by atoms with Crippen LogP contribution in [0.25, 0.3) is 0 Å². The van der Waals surface area contributed by atoms with Crippen LogP contribution in [-0.2, 0) is 16.0 Å². The van der Waals surface area contributed by atoms with Gasteiger partial charge in [-0.2, -0.15) is 0 Å². The fourth-order valence-electron chi connectivity index (χ4n) is 2.68. The van der Waals surface area contributed by atoms with E-state index in [0.717, 1.165) is 34.8 Å². The molecular formula is C15H22N4O4. The molecule has 1 aromatic heterocycles. The van der Waals surface area contributed by atoms with Crippen LogP contribution in [0.2, 0.25) is 0 Å². The molecule has 0 aromatic carbocycles. The number of rotatable bonds is 6. The third-order valence-electron chi connectivity index (χ3n) is 4.16. The quantitative estimate of drug-likeness (QED) is 0.612. The number of amides is 4. The summed E-state index contributed by atoms with van der Waals surface area (Å²) in [6.07, 6.45) is 1.50. The third-order valence-corrected chi connectivity index (χ3v) is 4.16. The van der Waals surface area contributed by atoms with Crippen molar-refractivity contribution < 1.29 is 18.9 Å². The molecule has 0 bridgehead atoms. The minimum Gasteiger partial charge on any atom is -0.361 e. The molecule has 1 fully saturated rings. The number of nitrogens with zero attached hydrogens (tertiary/aromatic N) is 3. The maximum Gasteiger partial charge on any atom is 0.326 e. The van der Waals surface area contributed by atoms with Gasteiger partial charge < -0.3 is 14.7 Å². The van der Waals surface area contributed by atoms with E-state index in [1.54, 1.807) is 0 Å². The number of likely N-dealkylation sites (N-methyl/N-ethyl adjacent to an activating group) is 2. The van der Waals surface area contributed by atoms with E-state index >= 15 is 0 Å². The van der Waals surface area contributed by atoms with Crippen LogP contribution in [0.3, 0.4) is 0 Å². The Hall–Kier alpha value is -2.38. The first-order valence-electron chi connectivity index (χ1n) is 7.55. The molecule has 126 valence electrons. The van der Waals surface area contributed by atoms with Crippen LogP contribution in [0.15, 0.2) is 4.52 Å². The average molecular weight is 322 g/mol. The van der Waals surface area contributed by atoms with Crippen LogP contribution in [0, 0.1) is 13.8 Å². The van der Waals surface area contributed by atoms with E-state index in [1.807, 2.05) is 13.8 Å². The Morgan fingerprint density at radius 2 is 2.00 bits per heavy atom. The van der Waals surface area contributed by atoms with Crippen molar-refractivity contribution in [3.05, 3.63) is 17.0 Å². The van der Waals surface area contributed by atoms with Crippen molar-refractivity contribution >= 4 is 17.8 Å². The lowest BCUT2D eigenvalue weighted by molar-refractivity contribution is -0.131. The lowest BCUT2D eigenvalue weighted by Crippen LogP contribution is -2.37. The molecule has 2 rings (SSSR count). The van der Waals surface area contributed by atoms with Gasteiger partial charge in [-0.1, -0.05) is 5.16 Å². The number of carbonyl (C=O) groups is 3. The minimum absolute atomic E-state index is 0.0171. The van der Waals surface area contributed by atoms with Gasteiger partial charge in [0.15, 0.2) is 0 Å². The smallest absolute Gasteiger partial charge is 0.326 e. The van der Waals surface area contributed by atoms with E-state index in [9.17, 15) is 14.4 Å². The van der Waals surface area contributed by atoms with Gasteiger partial charge in [0.05, 0.1) is 12.1 Å². The Kier molecular flexibility index (Phi) is 5.02. The number of carbonyl (C=O) groups excluding carboxylic acids is 3. The molecule has 8 heteroatoms. The van der Waals surface area contributed by atoms with Gasteiger partial charge in [-0.3, -0.25) is 14.5 Å². The molecule has 1 aliphatic rings. The van der Waals surface area contributed by atoms with E-state index < -0.39 is 6.04 Å². The molecule has 1 atom stereocenters. The van der Waals surface area contributed by atoms with Crippen molar-refractivity contribution in [1.29, 1.82) is 0 Å². The van der Waals surface area contributed by atoms with Gasteiger partial charge in [-0.05, 0) is 26.7 Å². The van der Waals surface area contributed by atoms with Crippen molar-refractivity contribution in [3.8, 4) is 0 Å².